The zero-order valence-corrected chi connectivity index (χ0v) is 7.92. The highest BCUT2D eigenvalue weighted by Gasteiger charge is 2.34. The first kappa shape index (κ1) is 12.3. The van der Waals surface area contributed by atoms with E-state index in [1.165, 1.54) is 0 Å². The Morgan fingerprint density at radius 1 is 1.38 bits per heavy atom. The Morgan fingerprint density at radius 3 is 2.50 bits per heavy atom. The lowest BCUT2D eigenvalue weighted by atomic mass is 10.0. The van der Waals surface area contributed by atoms with Crippen LogP contribution in [0.1, 0.15) is 11.1 Å². The lowest BCUT2D eigenvalue weighted by Crippen LogP contribution is -2.19. The Morgan fingerprint density at radius 2 is 2.00 bits per heavy atom. The number of hydrogen-bond donors (Lipinski definition) is 2. The van der Waals surface area contributed by atoms with Crippen molar-refractivity contribution in [3.63, 3.8) is 0 Å². The molecule has 16 heavy (non-hydrogen) atoms. The molecule has 0 saturated heterocycles. The van der Waals surface area contributed by atoms with Gasteiger partial charge >= 0.3 is 6.18 Å². The van der Waals surface area contributed by atoms with Gasteiger partial charge in [-0.2, -0.15) is 13.2 Å². The number of rotatable bonds is 2. The average molecular weight is 236 g/mol. The largest absolute Gasteiger partial charge is 0.416 e. The van der Waals surface area contributed by atoms with Gasteiger partial charge in [-0.3, -0.25) is 0 Å². The van der Waals surface area contributed by atoms with Crippen molar-refractivity contribution < 1.29 is 22.8 Å². The van der Waals surface area contributed by atoms with E-state index < -0.39 is 35.4 Å². The van der Waals surface area contributed by atoms with Crippen LogP contribution in [0.3, 0.4) is 0 Å². The molecule has 0 aromatic heterocycles. The molecule has 88 valence electrons. The van der Waals surface area contributed by atoms with Gasteiger partial charge in [0.2, 0.25) is 0 Å². The van der Waals surface area contributed by atoms with E-state index in [9.17, 15) is 17.6 Å². The van der Waals surface area contributed by atoms with Crippen molar-refractivity contribution in [3.8, 4) is 0 Å². The number of nitrogens with zero attached hydrogens (tertiary/aromatic N) is 1. The summed E-state index contributed by atoms with van der Waals surface area (Å²) in [4.78, 5) is 0. The topological polar surface area (TPSA) is 58.6 Å². The SMILES string of the molecule is NC(Cc1c(F)cccc1C(F)(F)F)=NO. The molecule has 0 aliphatic carbocycles. The highest BCUT2D eigenvalue weighted by atomic mass is 19.4. The van der Waals surface area contributed by atoms with Crippen LogP contribution in [-0.4, -0.2) is 11.0 Å². The lowest BCUT2D eigenvalue weighted by molar-refractivity contribution is -0.138. The van der Waals surface area contributed by atoms with E-state index in [1.54, 1.807) is 0 Å². The van der Waals surface area contributed by atoms with E-state index in [0.717, 1.165) is 18.2 Å². The zero-order valence-electron chi connectivity index (χ0n) is 7.92. The van der Waals surface area contributed by atoms with Crippen LogP contribution in [0.5, 0.6) is 0 Å². The summed E-state index contributed by atoms with van der Waals surface area (Å²) >= 11 is 0. The quantitative estimate of drug-likeness (QED) is 0.272. The van der Waals surface area contributed by atoms with Crippen LogP contribution in [-0.2, 0) is 12.6 Å². The predicted molar refractivity (Wildman–Crippen MR) is 48.5 cm³/mol. The maximum Gasteiger partial charge on any atom is 0.416 e. The molecule has 0 aliphatic heterocycles. The van der Waals surface area contributed by atoms with E-state index in [2.05, 4.69) is 5.16 Å². The van der Waals surface area contributed by atoms with Gasteiger partial charge in [-0.1, -0.05) is 11.2 Å². The lowest BCUT2D eigenvalue weighted by Gasteiger charge is -2.12. The number of nitrogens with two attached hydrogens (primary N) is 1. The molecule has 0 saturated carbocycles. The van der Waals surface area contributed by atoms with Gasteiger partial charge in [0.15, 0.2) is 0 Å². The van der Waals surface area contributed by atoms with Crippen molar-refractivity contribution in [1.29, 1.82) is 0 Å². The highest BCUT2D eigenvalue weighted by molar-refractivity contribution is 5.82. The molecule has 0 fully saturated rings. The van der Waals surface area contributed by atoms with E-state index in [4.69, 9.17) is 10.9 Å². The number of halogens is 4. The molecule has 3 nitrogen and oxygen atoms in total. The van der Waals surface area contributed by atoms with Gasteiger partial charge in [0.25, 0.3) is 0 Å². The van der Waals surface area contributed by atoms with Crippen molar-refractivity contribution in [2.45, 2.75) is 12.6 Å². The maximum atomic E-state index is 13.2. The molecule has 0 spiro atoms. The minimum Gasteiger partial charge on any atom is -0.409 e. The second-order valence-corrected chi connectivity index (χ2v) is 3.03. The first-order valence-electron chi connectivity index (χ1n) is 4.17. The van der Waals surface area contributed by atoms with Crippen LogP contribution >= 0.6 is 0 Å². The monoisotopic (exact) mass is 236 g/mol. The molecule has 0 heterocycles. The Hall–Kier alpha value is -1.79. The van der Waals surface area contributed by atoms with E-state index in [1.807, 2.05) is 0 Å². The molecule has 0 amide bonds. The normalized spacial score (nSPS) is 12.9. The number of benzene rings is 1. The molecule has 0 bridgehead atoms. The molecule has 0 atom stereocenters. The van der Waals surface area contributed by atoms with Crippen LogP contribution < -0.4 is 5.73 Å². The van der Waals surface area contributed by atoms with E-state index >= 15 is 0 Å². The third kappa shape index (κ3) is 2.62. The van der Waals surface area contributed by atoms with Crippen LogP contribution in [0, 0.1) is 5.82 Å². The van der Waals surface area contributed by atoms with Crippen molar-refractivity contribution >= 4 is 5.84 Å². The molecule has 7 heteroatoms. The number of alkyl halides is 3. The summed E-state index contributed by atoms with van der Waals surface area (Å²) in [6.07, 6.45) is -5.27. The average Bonchev–Trinajstić information content (AvgIpc) is 2.19. The fraction of sp³-hybridized carbons (Fsp3) is 0.222. The van der Waals surface area contributed by atoms with Gasteiger partial charge in [0.1, 0.15) is 11.7 Å². The molecule has 1 aromatic rings. The summed E-state index contributed by atoms with van der Waals surface area (Å²) in [7, 11) is 0. The number of amidine groups is 1. The molecule has 1 rings (SSSR count). The van der Waals surface area contributed by atoms with Crippen LogP contribution in [0.15, 0.2) is 23.4 Å². The van der Waals surface area contributed by atoms with E-state index in [-0.39, 0.29) is 0 Å². The van der Waals surface area contributed by atoms with Gasteiger partial charge < -0.3 is 10.9 Å². The molecular weight excluding hydrogens is 228 g/mol. The standard InChI is InChI=1S/C9H8F4N2O/c10-7-3-1-2-6(9(11,12)13)5(7)4-8(14)15-16/h1-3,16H,4H2,(H2,14,15). The van der Waals surface area contributed by atoms with Gasteiger partial charge in [-0.05, 0) is 12.1 Å². The fourth-order valence-corrected chi connectivity index (χ4v) is 1.22. The summed E-state index contributed by atoms with van der Waals surface area (Å²) in [5.41, 5.74) is 3.29. The van der Waals surface area contributed by atoms with Gasteiger partial charge in [-0.25, -0.2) is 4.39 Å². The highest BCUT2D eigenvalue weighted by Crippen LogP contribution is 2.33. The Balaban J connectivity index is 3.24. The minimum atomic E-state index is -4.67. The minimum absolute atomic E-state index is 0.490. The predicted octanol–water partition coefficient (Wildman–Crippen LogP) is 2.13. The Bertz CT molecular complexity index is 414. The van der Waals surface area contributed by atoms with Gasteiger partial charge in [-0.15, -0.1) is 0 Å². The molecule has 3 N–H and O–H groups in total. The number of hydrogen-bond acceptors (Lipinski definition) is 2. The van der Waals surface area contributed by atoms with Gasteiger partial charge in [0, 0.05) is 12.0 Å². The van der Waals surface area contributed by atoms with Crippen molar-refractivity contribution in [3.05, 3.63) is 35.1 Å². The molecule has 0 unspecified atom stereocenters. The molecule has 1 aromatic carbocycles. The second kappa shape index (κ2) is 4.38. The second-order valence-electron chi connectivity index (χ2n) is 3.03. The van der Waals surface area contributed by atoms with Crippen molar-refractivity contribution in [2.75, 3.05) is 0 Å². The zero-order chi connectivity index (χ0) is 12.3. The molecule has 0 aliphatic rings. The van der Waals surface area contributed by atoms with Crippen LogP contribution in [0.25, 0.3) is 0 Å². The van der Waals surface area contributed by atoms with E-state index in [0.29, 0.717) is 0 Å². The molecule has 0 radical (unpaired) electrons. The Kier molecular flexibility index (Phi) is 3.36. The first-order chi connectivity index (χ1) is 7.36. The third-order valence-electron chi connectivity index (χ3n) is 1.91. The van der Waals surface area contributed by atoms with Crippen LogP contribution in [0.4, 0.5) is 17.6 Å². The van der Waals surface area contributed by atoms with Gasteiger partial charge in [0.05, 0.1) is 5.56 Å². The number of oxime groups is 1. The maximum absolute atomic E-state index is 13.2. The molecular formula is C9H8F4N2O. The van der Waals surface area contributed by atoms with Crippen molar-refractivity contribution in [1.82, 2.24) is 0 Å². The smallest absolute Gasteiger partial charge is 0.409 e. The first-order valence-corrected chi connectivity index (χ1v) is 4.17. The Labute approximate surface area is 88.2 Å². The summed E-state index contributed by atoms with van der Waals surface area (Å²) in [6, 6.07) is 2.58. The van der Waals surface area contributed by atoms with Crippen LogP contribution in [0.2, 0.25) is 0 Å². The summed E-state index contributed by atoms with van der Waals surface area (Å²) in [6.45, 7) is 0. The fourth-order valence-electron chi connectivity index (χ4n) is 1.22. The summed E-state index contributed by atoms with van der Waals surface area (Å²) < 4.78 is 50.6. The summed E-state index contributed by atoms with van der Waals surface area (Å²) in [5.74, 6) is -1.53. The summed E-state index contributed by atoms with van der Waals surface area (Å²) in [5, 5.41) is 10.7. The van der Waals surface area contributed by atoms with Crippen molar-refractivity contribution in [2.24, 2.45) is 10.9 Å². The third-order valence-corrected chi connectivity index (χ3v) is 1.91.